The molecule has 0 aromatic heterocycles. The molecular weight excluding hydrogens is 705 g/mol. The number of β-amino-alcohol motifs (C(OH)–C–C–N with tert-alkyl or cyclic N) is 2. The van der Waals surface area contributed by atoms with E-state index >= 15 is 0 Å². The highest BCUT2D eigenvalue weighted by Crippen LogP contribution is 2.24. The molecule has 2 aliphatic rings. The number of rotatable bonds is 33. The quantitative estimate of drug-likeness (QED) is 0.0384. The van der Waals surface area contributed by atoms with Gasteiger partial charge in [-0.2, -0.15) is 0 Å². The molecule has 2 heterocycles. The first-order chi connectivity index (χ1) is 27.3. The number of ether oxygens (including phenoxy) is 2. The number of amides is 1. The maximum Gasteiger partial charge on any atom is 0.329 e. The summed E-state index contributed by atoms with van der Waals surface area (Å²) < 4.78 is 11.4. The van der Waals surface area contributed by atoms with E-state index in [0.717, 1.165) is 77.0 Å². The highest BCUT2D eigenvalue weighted by atomic mass is 16.6. The standard InChI is InChI=1S/C47H80N2O7/c1-3-5-7-9-11-13-15-17-19-21-23-25-27-29-31-33-35-55-47(54)42-36-41(56-46(53)40-48-38-43(50)44(51)39-48)37-49(42)45(52)34-32-30-28-26-24-22-20-18-16-14-12-10-8-6-4-2/h11-14,17-20,41-44,50-51H,3-10,15-16,21-40H2,1-2H3/b13-11-,14-12-,19-17-,20-18-/t41-,42+,43-,44+/m1/s1. The molecule has 2 rings (SSSR count). The molecule has 1 amide bonds. The molecule has 2 aliphatic heterocycles. The molecule has 0 radical (unpaired) electrons. The number of allylic oxidation sites excluding steroid dienone is 8. The number of carbonyl (C=O) groups is 3. The SMILES string of the molecule is CCCCC/C=C\C/C=C\CCCCCCCCOC(=O)[C@@H]1C[C@@H](OC(=O)CN2C[C@@H](O)[C@@H](O)C2)CN1C(=O)CCCCCCC/C=C\C/C=C\CCCCC. The van der Waals surface area contributed by atoms with Gasteiger partial charge in [0.1, 0.15) is 12.1 Å². The Kier molecular flexibility index (Phi) is 29.3. The van der Waals surface area contributed by atoms with Gasteiger partial charge in [-0.15, -0.1) is 0 Å². The molecule has 0 unspecified atom stereocenters. The normalized spacial score (nSPS) is 20.5. The summed E-state index contributed by atoms with van der Waals surface area (Å²) in [6.45, 7) is 5.28. The predicted octanol–water partition coefficient (Wildman–Crippen LogP) is 9.71. The van der Waals surface area contributed by atoms with Crippen molar-refractivity contribution in [1.29, 1.82) is 0 Å². The van der Waals surface area contributed by atoms with Gasteiger partial charge in [-0.25, -0.2) is 4.79 Å². The van der Waals surface area contributed by atoms with Crippen molar-refractivity contribution < 1.29 is 34.1 Å². The second kappa shape index (κ2) is 33.2. The van der Waals surface area contributed by atoms with E-state index in [1.807, 2.05) is 0 Å². The molecule has 2 fully saturated rings. The second-order valence-corrected chi connectivity index (χ2v) is 16.0. The number of nitrogens with zero attached hydrogens (tertiary/aromatic N) is 2. The van der Waals surface area contributed by atoms with Gasteiger partial charge in [0.25, 0.3) is 0 Å². The third-order valence-corrected chi connectivity index (χ3v) is 10.8. The first-order valence-electron chi connectivity index (χ1n) is 22.7. The molecule has 9 heteroatoms. The van der Waals surface area contributed by atoms with E-state index in [0.29, 0.717) is 13.0 Å². The fourth-order valence-corrected chi connectivity index (χ4v) is 7.35. The first kappa shape index (κ1) is 49.4. The van der Waals surface area contributed by atoms with Crippen LogP contribution in [0.3, 0.4) is 0 Å². The Bertz CT molecular complexity index is 1140. The van der Waals surface area contributed by atoms with Gasteiger partial charge in [-0.1, -0.05) is 133 Å². The molecule has 0 saturated carbocycles. The van der Waals surface area contributed by atoms with E-state index in [1.165, 1.54) is 70.6 Å². The van der Waals surface area contributed by atoms with Crippen LogP contribution in [0.25, 0.3) is 0 Å². The van der Waals surface area contributed by atoms with E-state index < -0.39 is 36.3 Å². The van der Waals surface area contributed by atoms with Crippen molar-refractivity contribution in [1.82, 2.24) is 9.80 Å². The van der Waals surface area contributed by atoms with Crippen LogP contribution in [0.4, 0.5) is 0 Å². The molecule has 0 aromatic rings. The highest BCUT2D eigenvalue weighted by molar-refractivity contribution is 5.85. The Labute approximate surface area is 341 Å². The fourth-order valence-electron chi connectivity index (χ4n) is 7.35. The Morgan fingerprint density at radius 2 is 1.05 bits per heavy atom. The van der Waals surface area contributed by atoms with E-state index in [9.17, 15) is 24.6 Å². The third-order valence-electron chi connectivity index (χ3n) is 10.8. The largest absolute Gasteiger partial charge is 0.464 e. The van der Waals surface area contributed by atoms with E-state index in [1.54, 1.807) is 9.80 Å². The third kappa shape index (κ3) is 24.1. The summed E-state index contributed by atoms with van der Waals surface area (Å²) in [6, 6.07) is -0.765. The van der Waals surface area contributed by atoms with Crippen LogP contribution in [-0.4, -0.2) is 95.0 Å². The van der Waals surface area contributed by atoms with Crippen molar-refractivity contribution in [2.24, 2.45) is 0 Å². The van der Waals surface area contributed by atoms with Gasteiger partial charge in [0.2, 0.25) is 5.91 Å². The van der Waals surface area contributed by atoms with Gasteiger partial charge in [0, 0.05) is 25.9 Å². The van der Waals surface area contributed by atoms with Crippen LogP contribution in [-0.2, 0) is 23.9 Å². The summed E-state index contributed by atoms with van der Waals surface area (Å²) in [5, 5.41) is 19.7. The van der Waals surface area contributed by atoms with E-state index in [4.69, 9.17) is 9.47 Å². The molecule has 56 heavy (non-hydrogen) atoms. The van der Waals surface area contributed by atoms with Gasteiger partial charge >= 0.3 is 11.9 Å². The molecule has 0 aromatic carbocycles. The molecule has 0 bridgehead atoms. The minimum absolute atomic E-state index is 0.0623. The second-order valence-electron chi connectivity index (χ2n) is 16.0. The summed E-state index contributed by atoms with van der Waals surface area (Å²) in [4.78, 5) is 42.6. The zero-order chi connectivity index (χ0) is 40.5. The minimum atomic E-state index is -0.888. The van der Waals surface area contributed by atoms with Gasteiger partial charge in [0.05, 0.1) is 31.9 Å². The van der Waals surface area contributed by atoms with Gasteiger partial charge in [-0.3, -0.25) is 14.5 Å². The number of aliphatic hydroxyl groups excluding tert-OH is 2. The average molecular weight is 785 g/mol. The van der Waals surface area contributed by atoms with Crippen molar-refractivity contribution in [2.75, 3.05) is 32.8 Å². The lowest BCUT2D eigenvalue weighted by molar-refractivity contribution is -0.153. The van der Waals surface area contributed by atoms with Gasteiger partial charge in [0.15, 0.2) is 0 Å². The van der Waals surface area contributed by atoms with Crippen molar-refractivity contribution in [3.8, 4) is 0 Å². The van der Waals surface area contributed by atoms with Crippen molar-refractivity contribution in [3.05, 3.63) is 48.6 Å². The minimum Gasteiger partial charge on any atom is -0.464 e. The smallest absolute Gasteiger partial charge is 0.329 e. The van der Waals surface area contributed by atoms with Crippen LogP contribution in [0.5, 0.6) is 0 Å². The summed E-state index contributed by atoms with van der Waals surface area (Å²) in [7, 11) is 0. The van der Waals surface area contributed by atoms with Crippen molar-refractivity contribution in [3.63, 3.8) is 0 Å². The number of hydrogen-bond acceptors (Lipinski definition) is 8. The summed E-state index contributed by atoms with van der Waals surface area (Å²) in [5.41, 5.74) is 0. The molecular formula is C47H80N2O7. The lowest BCUT2D eigenvalue weighted by Gasteiger charge is -2.23. The Morgan fingerprint density at radius 3 is 1.57 bits per heavy atom. The lowest BCUT2D eigenvalue weighted by atomic mass is 10.1. The van der Waals surface area contributed by atoms with Crippen molar-refractivity contribution >= 4 is 17.8 Å². The number of likely N-dealkylation sites (tertiary alicyclic amines) is 2. The molecule has 320 valence electrons. The van der Waals surface area contributed by atoms with E-state index in [2.05, 4.69) is 62.5 Å². The predicted molar refractivity (Wildman–Crippen MR) is 228 cm³/mol. The zero-order valence-electron chi connectivity index (χ0n) is 35.5. The number of esters is 2. The van der Waals surface area contributed by atoms with Crippen LogP contribution in [0.2, 0.25) is 0 Å². The molecule has 2 saturated heterocycles. The molecule has 9 nitrogen and oxygen atoms in total. The Morgan fingerprint density at radius 1 is 0.589 bits per heavy atom. The fraction of sp³-hybridized carbons (Fsp3) is 0.766. The van der Waals surface area contributed by atoms with Crippen LogP contribution in [0.15, 0.2) is 48.6 Å². The summed E-state index contributed by atoms with van der Waals surface area (Å²) in [6.07, 6.45) is 42.2. The van der Waals surface area contributed by atoms with Crippen LogP contribution in [0, 0.1) is 0 Å². The average Bonchev–Trinajstić information content (AvgIpc) is 3.75. The zero-order valence-corrected chi connectivity index (χ0v) is 35.5. The van der Waals surface area contributed by atoms with Crippen LogP contribution in [0.1, 0.15) is 174 Å². The lowest BCUT2D eigenvalue weighted by Crippen LogP contribution is -2.41. The number of aliphatic hydroxyl groups is 2. The molecule has 2 N–H and O–H groups in total. The Hall–Kier alpha value is -2.75. The monoisotopic (exact) mass is 785 g/mol. The van der Waals surface area contributed by atoms with Gasteiger partial charge < -0.3 is 24.6 Å². The molecule has 0 aliphatic carbocycles. The number of carbonyl (C=O) groups excluding carboxylic acids is 3. The van der Waals surface area contributed by atoms with E-state index in [-0.39, 0.29) is 38.5 Å². The highest BCUT2D eigenvalue weighted by Gasteiger charge is 2.42. The topological polar surface area (TPSA) is 117 Å². The molecule has 0 spiro atoms. The maximum atomic E-state index is 13.4. The summed E-state index contributed by atoms with van der Waals surface area (Å²) in [5.74, 6) is -1.02. The first-order valence-corrected chi connectivity index (χ1v) is 22.7. The maximum absolute atomic E-state index is 13.4. The van der Waals surface area contributed by atoms with Gasteiger partial charge in [-0.05, 0) is 77.0 Å². The van der Waals surface area contributed by atoms with Crippen molar-refractivity contribution in [2.45, 2.75) is 199 Å². The molecule has 4 atom stereocenters. The Balaban J connectivity index is 1.67. The number of unbranched alkanes of at least 4 members (excludes halogenated alkanes) is 17. The van der Waals surface area contributed by atoms with Crippen LogP contribution >= 0.6 is 0 Å². The number of hydrogen-bond donors (Lipinski definition) is 2. The summed E-state index contributed by atoms with van der Waals surface area (Å²) >= 11 is 0. The van der Waals surface area contributed by atoms with Crippen LogP contribution < -0.4 is 0 Å².